The van der Waals surface area contributed by atoms with Crippen LogP contribution in [0, 0.1) is 5.41 Å². The molecule has 0 aliphatic carbocycles. The summed E-state index contributed by atoms with van der Waals surface area (Å²) in [6.07, 6.45) is 0.356. The summed E-state index contributed by atoms with van der Waals surface area (Å²) in [6.45, 7) is 11.7. The predicted molar refractivity (Wildman–Crippen MR) is 98.0 cm³/mol. The third kappa shape index (κ3) is 4.27. The van der Waals surface area contributed by atoms with Crippen LogP contribution in [0.1, 0.15) is 54.4 Å². The summed E-state index contributed by atoms with van der Waals surface area (Å²) in [5, 5.41) is 0. The Morgan fingerprint density at radius 3 is 2.12 bits per heavy atom. The van der Waals surface area contributed by atoms with Crippen molar-refractivity contribution in [2.45, 2.75) is 66.0 Å². The number of imide groups is 1. The number of benzene rings is 1. The molecule has 0 radical (unpaired) electrons. The lowest BCUT2D eigenvalue weighted by molar-refractivity contribution is -0.145. The van der Waals surface area contributed by atoms with Crippen molar-refractivity contribution >= 4 is 23.4 Å². The summed E-state index contributed by atoms with van der Waals surface area (Å²) in [6, 6.07) is 8.13. The van der Waals surface area contributed by atoms with Gasteiger partial charge >= 0.3 is 0 Å². The van der Waals surface area contributed by atoms with Crippen molar-refractivity contribution in [2.24, 2.45) is 5.41 Å². The fourth-order valence-corrected chi connectivity index (χ4v) is 3.22. The first-order valence-corrected chi connectivity index (χ1v) is 8.66. The lowest BCUT2D eigenvalue weighted by Gasteiger charge is -2.40. The van der Waals surface area contributed by atoms with Gasteiger partial charge in [0.2, 0.25) is 11.8 Å². The molecule has 0 spiro atoms. The second-order valence-corrected chi connectivity index (χ2v) is 8.79. The van der Waals surface area contributed by atoms with Gasteiger partial charge < -0.3 is 4.90 Å². The highest BCUT2D eigenvalue weighted by Crippen LogP contribution is 2.32. The van der Waals surface area contributed by atoms with Gasteiger partial charge in [0.05, 0.1) is 12.1 Å². The smallest absolute Gasteiger partial charge is 0.257 e. The molecular formula is C20H28N2O3. The molecule has 1 unspecified atom stereocenters. The van der Waals surface area contributed by atoms with E-state index in [-0.39, 0.29) is 29.6 Å². The second kappa shape index (κ2) is 6.62. The Labute approximate surface area is 150 Å². The van der Waals surface area contributed by atoms with Crippen LogP contribution in [0.4, 0.5) is 5.69 Å². The lowest BCUT2D eigenvalue weighted by Crippen LogP contribution is -2.55. The maximum Gasteiger partial charge on any atom is 0.257 e. The minimum atomic E-state index is -0.748. The van der Waals surface area contributed by atoms with Crippen molar-refractivity contribution in [1.82, 2.24) is 4.90 Å². The first kappa shape index (κ1) is 19.2. The Morgan fingerprint density at radius 1 is 1.08 bits per heavy atom. The number of amides is 3. The van der Waals surface area contributed by atoms with Crippen molar-refractivity contribution in [1.29, 1.82) is 0 Å². The van der Waals surface area contributed by atoms with Gasteiger partial charge in [-0.25, -0.2) is 4.90 Å². The predicted octanol–water partition coefficient (Wildman–Crippen LogP) is 3.38. The molecule has 1 aromatic carbocycles. The molecule has 5 nitrogen and oxygen atoms in total. The zero-order valence-corrected chi connectivity index (χ0v) is 16.0. The average Bonchev–Trinajstić information content (AvgIpc) is 2.71. The highest BCUT2D eigenvalue weighted by Gasteiger charge is 2.47. The summed E-state index contributed by atoms with van der Waals surface area (Å²) >= 11 is 0. The molecule has 1 atom stereocenters. The monoisotopic (exact) mass is 344 g/mol. The molecule has 3 amide bonds. The molecule has 1 saturated heterocycles. The maximum absolute atomic E-state index is 13.0. The van der Waals surface area contributed by atoms with Crippen LogP contribution >= 0.6 is 0 Å². The molecule has 1 aromatic rings. The maximum atomic E-state index is 13.0. The Hall–Kier alpha value is -2.17. The van der Waals surface area contributed by atoms with Gasteiger partial charge in [-0.2, -0.15) is 0 Å². The molecule has 0 aromatic heterocycles. The number of para-hydroxylation sites is 1. The molecule has 136 valence electrons. The minimum Gasteiger partial charge on any atom is -0.325 e. The fraction of sp³-hybridized carbons (Fsp3) is 0.550. The third-order valence-corrected chi connectivity index (χ3v) is 4.12. The Bertz CT molecular complexity index is 668. The van der Waals surface area contributed by atoms with E-state index in [9.17, 15) is 14.4 Å². The van der Waals surface area contributed by atoms with Crippen LogP contribution in [0.25, 0.3) is 0 Å². The Kier molecular flexibility index (Phi) is 5.07. The number of anilines is 1. The molecule has 1 fully saturated rings. The largest absolute Gasteiger partial charge is 0.325 e. The van der Waals surface area contributed by atoms with Crippen LogP contribution in [0.2, 0.25) is 0 Å². The Morgan fingerprint density at radius 2 is 1.64 bits per heavy atom. The molecule has 0 N–H and O–H groups in total. The summed E-state index contributed by atoms with van der Waals surface area (Å²) in [7, 11) is 0. The van der Waals surface area contributed by atoms with Gasteiger partial charge in [-0.1, -0.05) is 39.0 Å². The van der Waals surface area contributed by atoms with E-state index < -0.39 is 11.6 Å². The van der Waals surface area contributed by atoms with Crippen molar-refractivity contribution in [3.63, 3.8) is 0 Å². The van der Waals surface area contributed by atoms with Gasteiger partial charge in [0.1, 0.15) is 6.04 Å². The van der Waals surface area contributed by atoms with Crippen LogP contribution in [-0.2, 0) is 14.4 Å². The van der Waals surface area contributed by atoms with Crippen LogP contribution in [0.5, 0.6) is 0 Å². The molecule has 1 aliphatic rings. The van der Waals surface area contributed by atoms with E-state index in [0.717, 1.165) is 0 Å². The van der Waals surface area contributed by atoms with E-state index in [2.05, 4.69) is 0 Å². The van der Waals surface area contributed by atoms with Crippen LogP contribution in [-0.4, -0.2) is 34.2 Å². The first-order valence-electron chi connectivity index (χ1n) is 8.66. The lowest BCUT2D eigenvalue weighted by atomic mass is 9.89. The zero-order valence-electron chi connectivity index (χ0n) is 16.0. The quantitative estimate of drug-likeness (QED) is 0.790. The van der Waals surface area contributed by atoms with Crippen LogP contribution in [0.3, 0.4) is 0 Å². The van der Waals surface area contributed by atoms with E-state index in [0.29, 0.717) is 12.1 Å². The highest BCUT2D eigenvalue weighted by molar-refractivity contribution is 6.23. The first-order chi connectivity index (χ1) is 11.4. The summed E-state index contributed by atoms with van der Waals surface area (Å²) in [4.78, 5) is 41.2. The SMILES string of the molecule is CC(C)(C)CC(=O)N(C1CC(=O)N(c2ccccc2)C1=O)C(C)(C)C. The number of carbonyl (C=O) groups excluding carboxylic acids is 3. The molecule has 5 heteroatoms. The number of hydrogen-bond acceptors (Lipinski definition) is 3. The van der Waals surface area contributed by atoms with Gasteiger partial charge in [0, 0.05) is 12.0 Å². The van der Waals surface area contributed by atoms with Gasteiger partial charge in [-0.3, -0.25) is 14.4 Å². The standard InChI is InChI=1S/C20H28N2O3/c1-19(2,3)13-17(24)22(20(4,5)6)15-12-16(23)21(18(15)25)14-10-8-7-9-11-14/h7-11,15H,12-13H2,1-6H3. The molecule has 2 rings (SSSR count). The number of nitrogens with zero attached hydrogens (tertiary/aromatic N) is 2. The minimum absolute atomic E-state index is 0.0287. The van der Waals surface area contributed by atoms with Crippen molar-refractivity contribution in [3.8, 4) is 0 Å². The Balaban J connectivity index is 2.35. The van der Waals surface area contributed by atoms with Gasteiger partial charge in [0.25, 0.3) is 5.91 Å². The molecule has 0 bridgehead atoms. The molecular weight excluding hydrogens is 316 g/mol. The summed E-state index contributed by atoms with van der Waals surface area (Å²) < 4.78 is 0. The van der Waals surface area contributed by atoms with Crippen molar-refractivity contribution in [2.75, 3.05) is 4.90 Å². The van der Waals surface area contributed by atoms with Crippen LogP contribution < -0.4 is 4.90 Å². The number of hydrogen-bond donors (Lipinski definition) is 0. The molecule has 0 saturated carbocycles. The third-order valence-electron chi connectivity index (χ3n) is 4.12. The normalized spacial score (nSPS) is 18.6. The molecule has 1 heterocycles. The van der Waals surface area contributed by atoms with Crippen molar-refractivity contribution in [3.05, 3.63) is 30.3 Å². The molecule has 25 heavy (non-hydrogen) atoms. The number of carbonyl (C=O) groups is 3. The summed E-state index contributed by atoms with van der Waals surface area (Å²) in [5.74, 6) is -0.687. The van der Waals surface area contributed by atoms with E-state index in [1.165, 1.54) is 4.90 Å². The second-order valence-electron chi connectivity index (χ2n) is 8.79. The zero-order chi connectivity index (χ0) is 19.0. The number of rotatable bonds is 3. The van der Waals surface area contributed by atoms with Crippen molar-refractivity contribution < 1.29 is 14.4 Å². The summed E-state index contributed by atoms with van der Waals surface area (Å²) in [5.41, 5.74) is -0.182. The van der Waals surface area contributed by atoms with Crippen LogP contribution in [0.15, 0.2) is 30.3 Å². The van der Waals surface area contributed by atoms with E-state index in [1.54, 1.807) is 29.2 Å². The van der Waals surface area contributed by atoms with E-state index >= 15 is 0 Å². The average molecular weight is 344 g/mol. The molecule has 1 aliphatic heterocycles. The van der Waals surface area contributed by atoms with Gasteiger partial charge in [0.15, 0.2) is 0 Å². The van der Waals surface area contributed by atoms with Gasteiger partial charge in [-0.15, -0.1) is 0 Å². The van der Waals surface area contributed by atoms with Gasteiger partial charge in [-0.05, 0) is 38.3 Å². The topological polar surface area (TPSA) is 57.7 Å². The van der Waals surface area contributed by atoms with E-state index in [4.69, 9.17) is 0 Å². The highest BCUT2D eigenvalue weighted by atomic mass is 16.2. The van der Waals surface area contributed by atoms with E-state index in [1.807, 2.05) is 47.6 Å². The fourth-order valence-electron chi connectivity index (χ4n) is 3.22.